The van der Waals surface area contributed by atoms with Crippen LogP contribution in [-0.4, -0.2) is 64.2 Å². The van der Waals surface area contributed by atoms with Gasteiger partial charge in [0, 0.05) is 54.2 Å². The highest BCUT2D eigenvalue weighted by molar-refractivity contribution is 6.72. The van der Waals surface area contributed by atoms with Crippen LogP contribution in [0, 0.1) is 5.92 Å². The third-order valence-corrected chi connectivity index (χ3v) is 10.6. The fourth-order valence-electron chi connectivity index (χ4n) is 6.34. The molecule has 5 rings (SSSR count). The predicted octanol–water partition coefficient (Wildman–Crippen LogP) is 3.68. The van der Waals surface area contributed by atoms with E-state index in [9.17, 15) is 19.8 Å². The Hall–Kier alpha value is -3.45. The lowest BCUT2D eigenvalue weighted by molar-refractivity contribution is -0.145. The van der Waals surface area contributed by atoms with Crippen LogP contribution in [0.2, 0.25) is 18.6 Å². The highest BCUT2D eigenvalue weighted by Gasteiger charge is 2.66. The van der Waals surface area contributed by atoms with Crippen molar-refractivity contribution in [1.82, 2.24) is 15.0 Å². The summed E-state index contributed by atoms with van der Waals surface area (Å²) in [5, 5.41) is 29.8. The number of aryl methyl sites for hydroxylation is 1. The first-order valence-electron chi connectivity index (χ1n) is 13.9. The number of aromatic nitrogens is 3. The normalized spacial score (nSPS) is 24.6. The summed E-state index contributed by atoms with van der Waals surface area (Å²) in [7, 11) is -3.37. The van der Waals surface area contributed by atoms with Gasteiger partial charge in [0.25, 0.3) is 11.8 Å². The number of aliphatic hydroxyl groups is 2. The predicted molar refractivity (Wildman–Crippen MR) is 154 cm³/mol. The van der Waals surface area contributed by atoms with E-state index in [2.05, 4.69) is 15.6 Å². The van der Waals surface area contributed by atoms with Gasteiger partial charge in [0.15, 0.2) is 5.60 Å². The number of aliphatic hydroxyl groups excluding tert-OH is 2. The van der Waals surface area contributed by atoms with Gasteiger partial charge in [-0.15, -0.1) is 5.10 Å². The molecule has 2 aliphatic rings. The Kier molecular flexibility index (Phi) is 7.85. The first-order chi connectivity index (χ1) is 19.5. The van der Waals surface area contributed by atoms with E-state index in [1.54, 1.807) is 47.1 Å². The van der Waals surface area contributed by atoms with Crippen LogP contribution in [0.5, 0.6) is 0 Å². The topological polar surface area (TPSA) is 130 Å². The number of ether oxygens (including phenoxy) is 1. The van der Waals surface area contributed by atoms with Crippen molar-refractivity contribution in [3.8, 4) is 0 Å². The highest BCUT2D eigenvalue weighted by atomic mass is 28.4. The van der Waals surface area contributed by atoms with Crippen LogP contribution in [0.25, 0.3) is 0 Å². The number of carbonyl (C=O) groups excluding carboxylic acids is 2. The minimum atomic E-state index is -3.37. The molecule has 10 nitrogen and oxygen atoms in total. The molecule has 1 saturated heterocycles. The van der Waals surface area contributed by atoms with Gasteiger partial charge in [0.2, 0.25) is 8.41 Å². The van der Waals surface area contributed by atoms with Gasteiger partial charge in [-0.25, -0.2) is 0 Å². The molecule has 3 heterocycles. The molecule has 5 atom stereocenters. The molecule has 1 fully saturated rings. The largest absolute Gasteiger partial charge is 0.396 e. The minimum Gasteiger partial charge on any atom is -0.396 e. The number of anilines is 3. The lowest BCUT2D eigenvalue weighted by Crippen LogP contribution is -2.44. The van der Waals surface area contributed by atoms with E-state index in [0.29, 0.717) is 47.7 Å². The quantitative estimate of drug-likeness (QED) is 0.260. The van der Waals surface area contributed by atoms with E-state index in [1.807, 2.05) is 37.3 Å². The van der Waals surface area contributed by atoms with Crippen LogP contribution in [0.3, 0.4) is 0 Å². The third-order valence-electron chi connectivity index (χ3n) is 8.13. The SMILES string of the molecule is C[C@H](O)C(=O)Nc1ccc2c(c1)[C@@]1(O[C@H](CCn3cc(CCO)nn3)[C@@H]([Si](C)(C)F)[C@@H]1C)C(=O)N2c1ccccc1. The van der Waals surface area contributed by atoms with Gasteiger partial charge in [-0.05, 0) is 56.8 Å². The molecule has 41 heavy (non-hydrogen) atoms. The summed E-state index contributed by atoms with van der Waals surface area (Å²) in [5.74, 6) is -1.39. The molecule has 0 aliphatic carbocycles. The molecule has 0 unspecified atom stereocenters. The number of fused-ring (bicyclic) bond motifs is 2. The Morgan fingerprint density at radius 2 is 1.98 bits per heavy atom. The fraction of sp³-hybridized carbons (Fsp3) is 0.448. The standard InChI is InChI=1S/C29H36FN5O5Si/c1-18-26(41(3,4)30)25(12-14-34-17-21(13-15-36)32-33-34)40-29(18)23-16-20(31-27(38)19(2)37)10-11-24(23)35(28(29)39)22-8-6-5-7-9-22/h5-11,16-19,25-26,36-37H,12-15H2,1-4H3,(H,31,38)/t18-,19-,25+,26-,29+/m0/s1. The van der Waals surface area contributed by atoms with Gasteiger partial charge in [0.1, 0.15) is 6.10 Å². The summed E-state index contributed by atoms with van der Waals surface area (Å²) < 4.78 is 24.5. The molecule has 0 saturated carbocycles. The zero-order chi connectivity index (χ0) is 29.5. The lowest BCUT2D eigenvalue weighted by atomic mass is 9.82. The molecule has 12 heteroatoms. The Labute approximate surface area is 239 Å². The molecule has 2 aromatic carbocycles. The van der Waals surface area contributed by atoms with Crippen LogP contribution in [0.15, 0.2) is 54.7 Å². The van der Waals surface area contributed by atoms with Crippen LogP contribution in [0.4, 0.5) is 21.2 Å². The van der Waals surface area contributed by atoms with Crippen LogP contribution in [-0.2, 0) is 32.9 Å². The number of nitrogens with zero attached hydrogens (tertiary/aromatic N) is 4. The zero-order valence-electron chi connectivity index (χ0n) is 23.6. The second-order valence-corrected chi connectivity index (χ2v) is 15.2. The average Bonchev–Trinajstić information content (AvgIpc) is 3.57. The van der Waals surface area contributed by atoms with Gasteiger partial charge in [-0.3, -0.25) is 19.2 Å². The number of nitrogens with one attached hydrogen (secondary N) is 1. The number of amides is 2. The Morgan fingerprint density at radius 1 is 1.24 bits per heavy atom. The van der Waals surface area contributed by atoms with Crippen molar-refractivity contribution in [2.24, 2.45) is 5.92 Å². The summed E-state index contributed by atoms with van der Waals surface area (Å²) in [6, 6.07) is 14.4. The molecule has 1 spiro atoms. The van der Waals surface area contributed by atoms with Crippen molar-refractivity contribution in [2.45, 2.75) is 69.7 Å². The third kappa shape index (κ3) is 5.20. The molecule has 3 aromatic rings. The summed E-state index contributed by atoms with van der Waals surface area (Å²) in [4.78, 5) is 28.4. The van der Waals surface area contributed by atoms with Crippen molar-refractivity contribution >= 4 is 37.3 Å². The van der Waals surface area contributed by atoms with Crippen LogP contribution < -0.4 is 10.2 Å². The van der Waals surface area contributed by atoms with E-state index in [1.165, 1.54) is 6.92 Å². The van der Waals surface area contributed by atoms with E-state index in [-0.39, 0.29) is 12.5 Å². The molecular formula is C29H36FN5O5Si. The minimum absolute atomic E-state index is 0.0345. The van der Waals surface area contributed by atoms with Crippen molar-refractivity contribution in [3.05, 3.63) is 66.0 Å². The maximum absolute atomic E-state index is 16.1. The van der Waals surface area contributed by atoms with Gasteiger partial charge < -0.3 is 24.4 Å². The summed E-state index contributed by atoms with van der Waals surface area (Å²) in [6.45, 7) is 6.91. The Morgan fingerprint density at radius 3 is 2.63 bits per heavy atom. The van der Waals surface area contributed by atoms with Crippen LogP contribution >= 0.6 is 0 Å². The smallest absolute Gasteiger partial charge is 0.268 e. The van der Waals surface area contributed by atoms with Gasteiger partial charge >= 0.3 is 0 Å². The number of hydrogen-bond donors (Lipinski definition) is 3. The second kappa shape index (κ2) is 11.1. The summed E-state index contributed by atoms with van der Waals surface area (Å²) in [5.41, 5.74) is 0.890. The van der Waals surface area contributed by atoms with Crippen molar-refractivity contribution in [2.75, 3.05) is 16.8 Å². The van der Waals surface area contributed by atoms with Gasteiger partial charge in [-0.2, -0.15) is 0 Å². The van der Waals surface area contributed by atoms with E-state index < -0.39 is 43.6 Å². The molecular weight excluding hydrogens is 545 g/mol. The number of benzene rings is 2. The van der Waals surface area contributed by atoms with E-state index >= 15 is 4.11 Å². The van der Waals surface area contributed by atoms with E-state index in [0.717, 1.165) is 0 Å². The van der Waals surface area contributed by atoms with Gasteiger partial charge in [0.05, 0.1) is 17.5 Å². The monoisotopic (exact) mass is 581 g/mol. The van der Waals surface area contributed by atoms with E-state index in [4.69, 9.17) is 4.74 Å². The Balaban J connectivity index is 1.57. The lowest BCUT2D eigenvalue weighted by Gasteiger charge is -2.31. The molecule has 3 N–H and O–H groups in total. The van der Waals surface area contributed by atoms with Gasteiger partial charge in [-0.1, -0.05) is 30.3 Å². The maximum atomic E-state index is 16.1. The molecule has 2 aliphatic heterocycles. The maximum Gasteiger partial charge on any atom is 0.268 e. The molecule has 0 radical (unpaired) electrons. The number of carbonyl (C=O) groups is 2. The zero-order valence-corrected chi connectivity index (χ0v) is 24.6. The first kappa shape index (κ1) is 29.1. The first-order valence-corrected chi connectivity index (χ1v) is 16.8. The summed E-state index contributed by atoms with van der Waals surface area (Å²) in [6.07, 6.45) is 0.753. The number of rotatable bonds is 9. The fourth-order valence-corrected chi connectivity index (χ4v) is 8.88. The number of hydrogen-bond acceptors (Lipinski definition) is 7. The molecule has 0 bridgehead atoms. The second-order valence-electron chi connectivity index (χ2n) is 11.4. The van der Waals surface area contributed by atoms with Crippen molar-refractivity contribution < 1.29 is 28.6 Å². The van der Waals surface area contributed by atoms with Crippen molar-refractivity contribution in [3.63, 3.8) is 0 Å². The summed E-state index contributed by atoms with van der Waals surface area (Å²) >= 11 is 0. The van der Waals surface area contributed by atoms with Crippen LogP contribution in [0.1, 0.15) is 31.5 Å². The molecule has 218 valence electrons. The highest BCUT2D eigenvalue weighted by Crippen LogP contribution is 2.61. The molecule has 2 amide bonds. The van der Waals surface area contributed by atoms with Crippen molar-refractivity contribution in [1.29, 1.82) is 0 Å². The number of halogens is 1. The average molecular weight is 582 g/mol. The number of para-hydroxylation sites is 1. The Bertz CT molecular complexity index is 1430. The molecule has 1 aromatic heterocycles.